The highest BCUT2D eigenvalue weighted by Gasteiger charge is 2.28. The van der Waals surface area contributed by atoms with Crippen molar-refractivity contribution in [3.05, 3.63) is 24.3 Å². The Hall–Kier alpha value is -1.04. The number of hydrogen-bond acceptors (Lipinski definition) is 4. The molecule has 3 unspecified atom stereocenters. The van der Waals surface area contributed by atoms with Gasteiger partial charge < -0.3 is 20.5 Å². The first-order chi connectivity index (χ1) is 11.4. The van der Waals surface area contributed by atoms with Crippen LogP contribution in [0.15, 0.2) is 24.3 Å². The molecule has 138 valence electrons. The average Bonchev–Trinajstić information content (AvgIpc) is 2.56. The first-order valence-corrected chi connectivity index (χ1v) is 10.8. The Labute approximate surface area is 150 Å². The first-order valence-electron chi connectivity index (χ1n) is 9.31. The number of benzene rings is 1. The fourth-order valence-electron chi connectivity index (χ4n) is 2.70. The van der Waals surface area contributed by atoms with Crippen LogP contribution < -0.4 is 15.8 Å². The first kappa shape index (κ1) is 21.0. The Balaban J connectivity index is 2.59. The molecule has 0 saturated heterocycles. The van der Waals surface area contributed by atoms with Gasteiger partial charge in [0.15, 0.2) is 0 Å². The Morgan fingerprint density at radius 2 is 1.88 bits per heavy atom. The van der Waals surface area contributed by atoms with E-state index in [2.05, 4.69) is 57.3 Å². The second kappa shape index (κ2) is 10.7. The zero-order chi connectivity index (χ0) is 18.0. The zero-order valence-corrected chi connectivity index (χ0v) is 17.5. The van der Waals surface area contributed by atoms with Gasteiger partial charge in [-0.3, -0.25) is 0 Å². The van der Waals surface area contributed by atoms with E-state index in [-0.39, 0.29) is 17.1 Å². The summed E-state index contributed by atoms with van der Waals surface area (Å²) in [5.74, 6) is 0.937. The maximum Gasteiger partial charge on any atom is 0.119 e. The van der Waals surface area contributed by atoms with Gasteiger partial charge in [-0.15, -0.1) is 0 Å². The molecule has 0 amide bonds. The van der Waals surface area contributed by atoms with Gasteiger partial charge in [0.25, 0.3) is 0 Å². The Morgan fingerprint density at radius 3 is 2.42 bits per heavy atom. The molecule has 3 N–H and O–H groups in total. The van der Waals surface area contributed by atoms with E-state index in [1.165, 1.54) is 12.8 Å². The molecule has 4 nitrogen and oxygen atoms in total. The van der Waals surface area contributed by atoms with Gasteiger partial charge in [0, 0.05) is 24.5 Å². The summed E-state index contributed by atoms with van der Waals surface area (Å²) < 4.78 is 12.3. The number of anilines is 1. The smallest absolute Gasteiger partial charge is 0.119 e. The third-order valence-electron chi connectivity index (χ3n) is 4.34. The highest BCUT2D eigenvalue weighted by molar-refractivity contribution is 6.41. The summed E-state index contributed by atoms with van der Waals surface area (Å²) in [7, 11) is -0.585. The van der Waals surface area contributed by atoms with E-state index >= 15 is 0 Å². The van der Waals surface area contributed by atoms with E-state index in [1.54, 1.807) is 0 Å². The predicted octanol–water partition coefficient (Wildman–Crippen LogP) is 3.28. The van der Waals surface area contributed by atoms with Crippen LogP contribution in [0.4, 0.5) is 5.69 Å². The number of hydrogen-bond donors (Lipinski definition) is 2. The van der Waals surface area contributed by atoms with E-state index in [9.17, 15) is 0 Å². The molecule has 0 heterocycles. The summed E-state index contributed by atoms with van der Waals surface area (Å²) >= 11 is 0. The van der Waals surface area contributed by atoms with Crippen LogP contribution in [-0.2, 0) is 4.74 Å². The van der Waals surface area contributed by atoms with Crippen LogP contribution in [0.3, 0.4) is 0 Å². The van der Waals surface area contributed by atoms with Gasteiger partial charge in [-0.2, -0.15) is 0 Å². The van der Waals surface area contributed by atoms with Crippen molar-refractivity contribution >= 4 is 15.2 Å². The molecular formula is C19H36N2O2Si. The molecule has 0 spiro atoms. The van der Waals surface area contributed by atoms with E-state index < -0.39 is 9.52 Å². The van der Waals surface area contributed by atoms with Crippen LogP contribution in [0.1, 0.15) is 53.9 Å². The summed E-state index contributed by atoms with van der Waals surface area (Å²) in [5.41, 5.74) is 7.06. The largest absolute Gasteiger partial charge is 0.492 e. The van der Waals surface area contributed by atoms with Crippen molar-refractivity contribution in [2.24, 2.45) is 5.73 Å². The third-order valence-corrected chi connectivity index (χ3v) is 6.62. The lowest BCUT2D eigenvalue weighted by molar-refractivity contribution is 0.0479. The molecule has 0 aliphatic carbocycles. The minimum atomic E-state index is -0.585. The van der Waals surface area contributed by atoms with E-state index in [1.807, 2.05) is 6.92 Å². The Kier molecular flexibility index (Phi) is 9.40. The molecule has 24 heavy (non-hydrogen) atoms. The number of rotatable bonds is 12. The maximum atomic E-state index is 6.34. The molecule has 3 atom stereocenters. The van der Waals surface area contributed by atoms with Crippen molar-refractivity contribution < 1.29 is 9.47 Å². The summed E-state index contributed by atoms with van der Waals surface area (Å²) in [4.78, 5) is 0. The standard InChI is InChI=1S/C19H36N2O2Si/c1-6-8-13-21-17-9-11-18(12-10-17)23-19(5,7-2)24-16(4)22-15(3)14-20/h9-12,15-16,21H,6-8,13-14,20,24H2,1-5H3. The van der Waals surface area contributed by atoms with Crippen molar-refractivity contribution in [2.45, 2.75) is 70.9 Å². The Bertz CT molecular complexity index is 455. The van der Waals surface area contributed by atoms with Crippen LogP contribution in [0, 0.1) is 0 Å². The SMILES string of the molecule is CCCCNc1ccc(OC(C)(CC)[SiH2]C(C)OC(C)CN)cc1. The molecule has 0 bridgehead atoms. The molecule has 0 saturated carbocycles. The zero-order valence-electron chi connectivity index (χ0n) is 16.1. The van der Waals surface area contributed by atoms with Crippen molar-refractivity contribution in [3.8, 4) is 5.75 Å². The molecule has 0 aliphatic rings. The quantitative estimate of drug-likeness (QED) is 0.448. The number of nitrogens with one attached hydrogen (secondary N) is 1. The summed E-state index contributed by atoms with van der Waals surface area (Å²) in [5, 5.41) is 3.32. The lowest BCUT2D eigenvalue weighted by atomic mass is 10.2. The monoisotopic (exact) mass is 352 g/mol. The predicted molar refractivity (Wildman–Crippen MR) is 107 cm³/mol. The van der Waals surface area contributed by atoms with Crippen LogP contribution >= 0.6 is 0 Å². The molecule has 1 aromatic rings. The van der Waals surface area contributed by atoms with Crippen LogP contribution in [0.25, 0.3) is 0 Å². The normalized spacial score (nSPS) is 16.8. The fraction of sp³-hybridized carbons (Fsp3) is 0.684. The summed E-state index contributed by atoms with van der Waals surface area (Å²) in [6, 6.07) is 8.31. The van der Waals surface area contributed by atoms with Crippen molar-refractivity contribution in [1.82, 2.24) is 0 Å². The van der Waals surface area contributed by atoms with Crippen molar-refractivity contribution in [2.75, 3.05) is 18.4 Å². The molecular weight excluding hydrogens is 316 g/mol. The van der Waals surface area contributed by atoms with E-state index in [0.717, 1.165) is 24.4 Å². The van der Waals surface area contributed by atoms with Gasteiger partial charge in [-0.05, 0) is 57.9 Å². The number of ether oxygens (including phenoxy) is 2. The van der Waals surface area contributed by atoms with Gasteiger partial charge in [0.2, 0.25) is 0 Å². The van der Waals surface area contributed by atoms with Gasteiger partial charge in [0.1, 0.15) is 15.3 Å². The molecule has 5 heteroatoms. The van der Waals surface area contributed by atoms with Gasteiger partial charge >= 0.3 is 0 Å². The second-order valence-corrected chi connectivity index (χ2v) is 9.96. The number of nitrogens with two attached hydrogens (primary N) is 1. The van der Waals surface area contributed by atoms with Crippen molar-refractivity contribution in [1.29, 1.82) is 0 Å². The molecule has 0 aliphatic heterocycles. The lowest BCUT2D eigenvalue weighted by Gasteiger charge is -2.32. The molecule has 0 aromatic heterocycles. The number of unbranched alkanes of at least 4 members (excludes halogenated alkanes) is 1. The van der Waals surface area contributed by atoms with Crippen LogP contribution in [0.2, 0.25) is 0 Å². The third kappa shape index (κ3) is 7.68. The second-order valence-electron chi connectivity index (χ2n) is 6.91. The topological polar surface area (TPSA) is 56.5 Å². The lowest BCUT2D eigenvalue weighted by Crippen LogP contribution is -2.45. The van der Waals surface area contributed by atoms with E-state index in [4.69, 9.17) is 15.2 Å². The Morgan fingerprint density at radius 1 is 1.21 bits per heavy atom. The van der Waals surface area contributed by atoms with Gasteiger partial charge in [-0.25, -0.2) is 0 Å². The average molecular weight is 353 g/mol. The summed E-state index contributed by atoms with van der Waals surface area (Å²) in [6.45, 7) is 12.4. The molecule has 0 radical (unpaired) electrons. The van der Waals surface area contributed by atoms with Gasteiger partial charge in [0.05, 0.1) is 11.3 Å². The summed E-state index contributed by atoms with van der Waals surface area (Å²) in [6.07, 6.45) is 3.50. The minimum Gasteiger partial charge on any atom is -0.492 e. The van der Waals surface area contributed by atoms with Crippen LogP contribution in [-0.4, -0.2) is 39.7 Å². The van der Waals surface area contributed by atoms with E-state index in [0.29, 0.717) is 6.54 Å². The van der Waals surface area contributed by atoms with Crippen molar-refractivity contribution in [3.63, 3.8) is 0 Å². The molecule has 1 aromatic carbocycles. The molecule has 1 rings (SSSR count). The highest BCUT2D eigenvalue weighted by atomic mass is 28.2. The maximum absolute atomic E-state index is 6.34. The van der Waals surface area contributed by atoms with Crippen LogP contribution in [0.5, 0.6) is 5.75 Å². The van der Waals surface area contributed by atoms with Gasteiger partial charge in [-0.1, -0.05) is 20.3 Å². The highest BCUT2D eigenvalue weighted by Crippen LogP contribution is 2.23. The molecule has 0 fully saturated rings. The minimum absolute atomic E-state index is 0.106. The fourth-order valence-corrected chi connectivity index (χ4v) is 4.88.